The summed E-state index contributed by atoms with van der Waals surface area (Å²) in [7, 11) is 0. The standard InChI is InChI=1S/C15H20N2O5/c1-2-22-13-8-4-3-7-12(13)17-15(21)16-10-11(18)6-5-9-14(19)20/h3-4,7-8H,2,5-6,9-10H2,1H3,(H,19,20)(H2,16,17,21). The second-order valence-electron chi connectivity index (χ2n) is 4.52. The number of urea groups is 1. The largest absolute Gasteiger partial charge is 0.492 e. The molecule has 0 spiro atoms. The molecule has 0 unspecified atom stereocenters. The highest BCUT2D eigenvalue weighted by atomic mass is 16.5. The monoisotopic (exact) mass is 308 g/mol. The van der Waals surface area contributed by atoms with Gasteiger partial charge in [0.15, 0.2) is 5.78 Å². The van der Waals surface area contributed by atoms with E-state index in [1.807, 2.05) is 6.92 Å². The first kappa shape index (κ1) is 17.5. The Morgan fingerprint density at radius 1 is 1.18 bits per heavy atom. The lowest BCUT2D eigenvalue weighted by Gasteiger charge is -2.11. The molecule has 1 aromatic carbocycles. The molecule has 2 amide bonds. The van der Waals surface area contributed by atoms with Crippen molar-refractivity contribution in [1.82, 2.24) is 5.32 Å². The molecule has 0 saturated heterocycles. The van der Waals surface area contributed by atoms with Crippen molar-refractivity contribution in [2.75, 3.05) is 18.5 Å². The quantitative estimate of drug-likeness (QED) is 0.647. The highest BCUT2D eigenvalue weighted by Gasteiger charge is 2.09. The first-order valence-corrected chi connectivity index (χ1v) is 7.03. The van der Waals surface area contributed by atoms with Crippen LogP contribution in [-0.2, 0) is 9.59 Å². The van der Waals surface area contributed by atoms with Gasteiger partial charge >= 0.3 is 12.0 Å². The number of hydrogen-bond acceptors (Lipinski definition) is 4. The van der Waals surface area contributed by atoms with Crippen molar-refractivity contribution in [3.8, 4) is 5.75 Å². The normalized spacial score (nSPS) is 9.86. The highest BCUT2D eigenvalue weighted by molar-refractivity contribution is 5.93. The molecule has 1 rings (SSSR count). The van der Waals surface area contributed by atoms with Gasteiger partial charge in [0.2, 0.25) is 0 Å². The summed E-state index contributed by atoms with van der Waals surface area (Å²) in [5.74, 6) is -0.603. The average Bonchev–Trinajstić information content (AvgIpc) is 2.47. The van der Waals surface area contributed by atoms with E-state index in [1.165, 1.54) is 0 Å². The number of ketones is 1. The van der Waals surface area contributed by atoms with Crippen molar-refractivity contribution < 1.29 is 24.2 Å². The van der Waals surface area contributed by atoms with Gasteiger partial charge in [0.1, 0.15) is 5.75 Å². The molecule has 0 heterocycles. The average molecular weight is 308 g/mol. The molecule has 0 radical (unpaired) electrons. The molecule has 0 atom stereocenters. The molecular formula is C15H20N2O5. The van der Waals surface area contributed by atoms with E-state index in [4.69, 9.17) is 9.84 Å². The van der Waals surface area contributed by atoms with Gasteiger partial charge in [0, 0.05) is 12.8 Å². The molecule has 0 aliphatic heterocycles. The molecule has 0 saturated carbocycles. The molecule has 0 aliphatic carbocycles. The zero-order valence-corrected chi connectivity index (χ0v) is 12.4. The molecule has 0 aromatic heterocycles. The van der Waals surface area contributed by atoms with Crippen LogP contribution in [0.25, 0.3) is 0 Å². The van der Waals surface area contributed by atoms with Crippen LogP contribution in [-0.4, -0.2) is 36.0 Å². The lowest BCUT2D eigenvalue weighted by atomic mass is 10.2. The van der Waals surface area contributed by atoms with Gasteiger partial charge in [0.25, 0.3) is 0 Å². The van der Waals surface area contributed by atoms with E-state index in [0.717, 1.165) is 0 Å². The number of rotatable bonds is 9. The van der Waals surface area contributed by atoms with Gasteiger partial charge in [-0.25, -0.2) is 4.79 Å². The Labute approximate surface area is 128 Å². The minimum atomic E-state index is -0.939. The van der Waals surface area contributed by atoms with Gasteiger partial charge in [-0.3, -0.25) is 9.59 Å². The molecule has 0 aliphatic rings. The van der Waals surface area contributed by atoms with E-state index in [0.29, 0.717) is 18.0 Å². The van der Waals surface area contributed by atoms with Gasteiger partial charge in [-0.2, -0.15) is 0 Å². The molecule has 1 aromatic rings. The molecule has 120 valence electrons. The van der Waals surface area contributed by atoms with E-state index >= 15 is 0 Å². The number of nitrogens with one attached hydrogen (secondary N) is 2. The maximum atomic E-state index is 11.7. The van der Waals surface area contributed by atoms with Crippen molar-refractivity contribution in [1.29, 1.82) is 0 Å². The molecule has 3 N–H and O–H groups in total. The predicted molar refractivity (Wildman–Crippen MR) is 81.1 cm³/mol. The minimum absolute atomic E-state index is 0.0559. The van der Waals surface area contributed by atoms with Crippen LogP contribution in [0.1, 0.15) is 26.2 Å². The molecule has 7 nitrogen and oxygen atoms in total. The summed E-state index contributed by atoms with van der Waals surface area (Å²) >= 11 is 0. The summed E-state index contributed by atoms with van der Waals surface area (Å²) in [6.07, 6.45) is 0.340. The number of carbonyl (C=O) groups is 3. The molecular weight excluding hydrogens is 288 g/mol. The van der Waals surface area contributed by atoms with Crippen molar-refractivity contribution >= 4 is 23.5 Å². The van der Waals surface area contributed by atoms with E-state index in [1.54, 1.807) is 24.3 Å². The third kappa shape index (κ3) is 6.74. The van der Waals surface area contributed by atoms with E-state index < -0.39 is 12.0 Å². The van der Waals surface area contributed by atoms with Crippen LogP contribution in [0.2, 0.25) is 0 Å². The second kappa shape index (κ2) is 9.38. The SMILES string of the molecule is CCOc1ccccc1NC(=O)NCC(=O)CCCC(=O)O. The van der Waals surface area contributed by atoms with Crippen molar-refractivity contribution in [2.24, 2.45) is 0 Å². The Morgan fingerprint density at radius 3 is 2.59 bits per heavy atom. The lowest BCUT2D eigenvalue weighted by molar-refractivity contribution is -0.137. The van der Waals surface area contributed by atoms with Gasteiger partial charge in [-0.15, -0.1) is 0 Å². The Balaban J connectivity index is 2.37. The van der Waals surface area contributed by atoms with E-state index in [2.05, 4.69) is 10.6 Å². The Bertz CT molecular complexity index is 530. The number of aliphatic carboxylic acids is 1. The Hall–Kier alpha value is -2.57. The Morgan fingerprint density at radius 2 is 1.91 bits per heavy atom. The zero-order chi connectivity index (χ0) is 16.4. The summed E-state index contributed by atoms with van der Waals surface area (Å²) in [6, 6.07) is 6.46. The van der Waals surface area contributed by atoms with Gasteiger partial charge < -0.3 is 20.5 Å². The summed E-state index contributed by atoms with van der Waals surface area (Å²) in [6.45, 7) is 2.18. The Kier molecular flexibility index (Phi) is 7.45. The molecule has 7 heteroatoms. The van der Waals surface area contributed by atoms with Crippen molar-refractivity contribution in [3.63, 3.8) is 0 Å². The first-order valence-electron chi connectivity index (χ1n) is 7.03. The zero-order valence-electron chi connectivity index (χ0n) is 12.4. The summed E-state index contributed by atoms with van der Waals surface area (Å²) in [5, 5.41) is 13.5. The third-order valence-corrected chi connectivity index (χ3v) is 2.73. The fourth-order valence-corrected chi connectivity index (χ4v) is 1.72. The number of amides is 2. The third-order valence-electron chi connectivity index (χ3n) is 2.73. The smallest absolute Gasteiger partial charge is 0.319 e. The van der Waals surface area contributed by atoms with Crippen molar-refractivity contribution in [2.45, 2.75) is 26.2 Å². The number of carboxylic acids is 1. The van der Waals surface area contributed by atoms with Crippen LogP contribution in [0.15, 0.2) is 24.3 Å². The maximum absolute atomic E-state index is 11.7. The maximum Gasteiger partial charge on any atom is 0.319 e. The van der Waals surface area contributed by atoms with Crippen LogP contribution in [0.4, 0.5) is 10.5 Å². The number of ether oxygens (including phenoxy) is 1. The van der Waals surface area contributed by atoms with Gasteiger partial charge in [0.05, 0.1) is 18.8 Å². The minimum Gasteiger partial charge on any atom is -0.492 e. The van der Waals surface area contributed by atoms with Gasteiger partial charge in [-0.05, 0) is 25.5 Å². The number of benzene rings is 1. The fraction of sp³-hybridized carbons (Fsp3) is 0.400. The van der Waals surface area contributed by atoms with E-state index in [-0.39, 0.29) is 31.6 Å². The molecule has 0 bridgehead atoms. The highest BCUT2D eigenvalue weighted by Crippen LogP contribution is 2.23. The molecule has 0 fully saturated rings. The van der Waals surface area contributed by atoms with Crippen LogP contribution in [0, 0.1) is 0 Å². The summed E-state index contributed by atoms with van der Waals surface area (Å²) in [5.41, 5.74) is 0.514. The predicted octanol–water partition coefficient (Wildman–Crippen LogP) is 2.03. The summed E-state index contributed by atoms with van der Waals surface area (Å²) < 4.78 is 5.37. The first-order chi connectivity index (χ1) is 10.5. The molecule has 22 heavy (non-hydrogen) atoms. The van der Waals surface area contributed by atoms with Crippen LogP contribution in [0.3, 0.4) is 0 Å². The number of para-hydroxylation sites is 2. The van der Waals surface area contributed by atoms with E-state index in [9.17, 15) is 14.4 Å². The number of Topliss-reactive ketones (excluding diaryl/α,β-unsaturated/α-hetero) is 1. The van der Waals surface area contributed by atoms with Crippen LogP contribution in [0.5, 0.6) is 5.75 Å². The number of carboxylic acid groups (broad SMARTS) is 1. The lowest BCUT2D eigenvalue weighted by Crippen LogP contribution is -2.33. The second-order valence-corrected chi connectivity index (χ2v) is 4.52. The topological polar surface area (TPSA) is 105 Å². The van der Waals surface area contributed by atoms with Crippen LogP contribution < -0.4 is 15.4 Å². The summed E-state index contributed by atoms with van der Waals surface area (Å²) in [4.78, 5) is 33.6. The number of anilines is 1. The number of hydrogen-bond donors (Lipinski definition) is 3. The van der Waals surface area contributed by atoms with Crippen molar-refractivity contribution in [3.05, 3.63) is 24.3 Å². The fourth-order valence-electron chi connectivity index (χ4n) is 1.72. The number of carbonyl (C=O) groups excluding carboxylic acids is 2. The van der Waals surface area contributed by atoms with Gasteiger partial charge in [-0.1, -0.05) is 12.1 Å². The van der Waals surface area contributed by atoms with Crippen LogP contribution >= 0.6 is 0 Å².